The van der Waals surface area contributed by atoms with Crippen molar-refractivity contribution >= 4 is 5.78 Å². The van der Waals surface area contributed by atoms with E-state index in [1.54, 1.807) is 0 Å². The number of rotatable bonds is 0. The van der Waals surface area contributed by atoms with Gasteiger partial charge in [-0.1, -0.05) is 17.7 Å². The van der Waals surface area contributed by atoms with Gasteiger partial charge in [0.1, 0.15) is 0 Å². The first-order valence-corrected chi connectivity index (χ1v) is 5.10. The highest BCUT2D eigenvalue weighted by Gasteiger charge is 2.38. The molecule has 70 valence electrons. The minimum atomic E-state index is -0.00569. The summed E-state index contributed by atoms with van der Waals surface area (Å²) in [6.07, 6.45) is 11.5. The first kappa shape index (κ1) is 8.74. The van der Waals surface area contributed by atoms with Crippen molar-refractivity contribution in [1.29, 1.82) is 0 Å². The van der Waals surface area contributed by atoms with Gasteiger partial charge in [-0.3, -0.25) is 4.79 Å². The molecule has 1 nitrogen and oxygen atoms in total. The van der Waals surface area contributed by atoms with Crippen molar-refractivity contribution in [3.8, 4) is 0 Å². The Bertz CT molecular complexity index is 285. The van der Waals surface area contributed by atoms with Gasteiger partial charge in [0.05, 0.1) is 0 Å². The van der Waals surface area contributed by atoms with E-state index in [1.165, 1.54) is 5.57 Å². The van der Waals surface area contributed by atoms with Crippen LogP contribution in [-0.2, 0) is 4.79 Å². The second kappa shape index (κ2) is 3.13. The van der Waals surface area contributed by atoms with Gasteiger partial charge in [-0.05, 0) is 45.1 Å². The molecule has 2 rings (SSSR count). The zero-order chi connectivity index (χ0) is 9.31. The number of hydrogen-bond donors (Lipinski definition) is 0. The van der Waals surface area contributed by atoms with Crippen LogP contribution in [0.3, 0.4) is 0 Å². The van der Waals surface area contributed by atoms with Crippen LogP contribution in [0, 0.1) is 5.41 Å². The monoisotopic (exact) mass is 176 g/mol. The van der Waals surface area contributed by atoms with E-state index < -0.39 is 0 Å². The Hall–Kier alpha value is -0.850. The maximum atomic E-state index is 11.9. The van der Waals surface area contributed by atoms with Gasteiger partial charge in [0.15, 0.2) is 5.78 Å². The molecule has 2 aliphatic rings. The van der Waals surface area contributed by atoms with Crippen LogP contribution in [0.4, 0.5) is 0 Å². The summed E-state index contributed by atoms with van der Waals surface area (Å²) in [5, 5.41) is 0. The van der Waals surface area contributed by atoms with Gasteiger partial charge in [0.2, 0.25) is 0 Å². The third-order valence-corrected chi connectivity index (χ3v) is 3.36. The second-order valence-electron chi connectivity index (χ2n) is 4.35. The summed E-state index contributed by atoms with van der Waals surface area (Å²) < 4.78 is 0. The Morgan fingerprint density at radius 2 is 2.15 bits per heavy atom. The Balaban J connectivity index is 2.24. The summed E-state index contributed by atoms with van der Waals surface area (Å²) in [5.74, 6) is 0.376. The van der Waals surface area contributed by atoms with E-state index in [0.29, 0.717) is 5.78 Å². The summed E-state index contributed by atoms with van der Waals surface area (Å²) >= 11 is 0. The summed E-state index contributed by atoms with van der Waals surface area (Å²) in [5.41, 5.74) is 1.25. The predicted molar refractivity (Wildman–Crippen MR) is 53.4 cm³/mol. The fourth-order valence-corrected chi connectivity index (χ4v) is 2.35. The van der Waals surface area contributed by atoms with E-state index in [1.807, 2.05) is 6.08 Å². The van der Waals surface area contributed by atoms with Crippen molar-refractivity contribution in [1.82, 2.24) is 0 Å². The molecule has 0 aromatic carbocycles. The molecule has 0 aromatic rings. The van der Waals surface area contributed by atoms with Crippen LogP contribution in [0.25, 0.3) is 0 Å². The molecule has 2 aliphatic carbocycles. The number of carbonyl (C=O) groups excluding carboxylic acids is 1. The van der Waals surface area contributed by atoms with Gasteiger partial charge in [0, 0.05) is 5.41 Å². The molecule has 1 spiro atoms. The third-order valence-electron chi connectivity index (χ3n) is 3.36. The van der Waals surface area contributed by atoms with Crippen molar-refractivity contribution in [2.75, 3.05) is 0 Å². The third kappa shape index (κ3) is 1.48. The fraction of sp³-hybridized carbons (Fsp3) is 0.583. The Kier molecular flexibility index (Phi) is 2.10. The van der Waals surface area contributed by atoms with E-state index >= 15 is 0 Å². The van der Waals surface area contributed by atoms with E-state index in [-0.39, 0.29) is 5.41 Å². The molecule has 0 fully saturated rings. The van der Waals surface area contributed by atoms with E-state index in [9.17, 15) is 4.79 Å². The molecule has 1 unspecified atom stereocenters. The number of hydrogen-bond acceptors (Lipinski definition) is 1. The smallest absolute Gasteiger partial charge is 0.162 e. The van der Waals surface area contributed by atoms with Crippen molar-refractivity contribution in [2.45, 2.75) is 39.0 Å². The number of ketones is 1. The lowest BCUT2D eigenvalue weighted by atomic mass is 9.67. The fourth-order valence-electron chi connectivity index (χ4n) is 2.35. The van der Waals surface area contributed by atoms with Crippen molar-refractivity contribution in [3.05, 3.63) is 23.8 Å². The van der Waals surface area contributed by atoms with Crippen LogP contribution in [0.15, 0.2) is 23.8 Å². The lowest BCUT2D eigenvalue weighted by Gasteiger charge is -2.35. The highest BCUT2D eigenvalue weighted by Crippen LogP contribution is 2.42. The van der Waals surface area contributed by atoms with Gasteiger partial charge in [-0.25, -0.2) is 0 Å². The number of allylic oxidation sites excluding steroid dienone is 4. The average molecular weight is 176 g/mol. The maximum absolute atomic E-state index is 11.9. The first-order chi connectivity index (χ1) is 6.23. The normalized spacial score (nSPS) is 33.6. The largest absolute Gasteiger partial charge is 0.294 e. The lowest BCUT2D eigenvalue weighted by Crippen LogP contribution is -2.33. The molecule has 0 radical (unpaired) electrons. The Labute approximate surface area is 79.5 Å². The zero-order valence-electron chi connectivity index (χ0n) is 8.18. The highest BCUT2D eigenvalue weighted by molar-refractivity contribution is 5.96. The first-order valence-electron chi connectivity index (χ1n) is 5.10. The summed E-state index contributed by atoms with van der Waals surface area (Å²) in [4.78, 5) is 11.9. The molecule has 0 saturated heterocycles. The SMILES string of the molecule is CC1=CC(=O)C2(CC=CCC2)CC1. The van der Waals surface area contributed by atoms with E-state index in [2.05, 4.69) is 19.1 Å². The summed E-state index contributed by atoms with van der Waals surface area (Å²) in [6, 6.07) is 0. The second-order valence-corrected chi connectivity index (χ2v) is 4.35. The molecular weight excluding hydrogens is 160 g/mol. The molecule has 13 heavy (non-hydrogen) atoms. The molecule has 0 aromatic heterocycles. The van der Waals surface area contributed by atoms with Crippen LogP contribution < -0.4 is 0 Å². The van der Waals surface area contributed by atoms with Crippen molar-refractivity contribution in [2.24, 2.45) is 5.41 Å². The Morgan fingerprint density at radius 3 is 2.77 bits per heavy atom. The molecule has 0 heterocycles. The maximum Gasteiger partial charge on any atom is 0.162 e. The average Bonchev–Trinajstić information content (AvgIpc) is 2.14. The van der Waals surface area contributed by atoms with Gasteiger partial charge in [-0.2, -0.15) is 0 Å². The predicted octanol–water partition coefficient (Wildman–Crippen LogP) is 3.02. The standard InChI is InChI=1S/C12H16O/c1-10-5-8-12(11(13)9-10)6-3-2-4-7-12/h2-3,9H,4-8H2,1H3. The van der Waals surface area contributed by atoms with Crippen LogP contribution in [0.1, 0.15) is 39.0 Å². The van der Waals surface area contributed by atoms with Gasteiger partial charge in [-0.15, -0.1) is 0 Å². The molecule has 0 amide bonds. The minimum Gasteiger partial charge on any atom is -0.294 e. The van der Waals surface area contributed by atoms with Gasteiger partial charge in [0.25, 0.3) is 0 Å². The van der Waals surface area contributed by atoms with E-state index in [0.717, 1.165) is 32.1 Å². The molecule has 0 bridgehead atoms. The minimum absolute atomic E-state index is 0.00569. The number of carbonyl (C=O) groups is 1. The molecule has 0 N–H and O–H groups in total. The van der Waals surface area contributed by atoms with Crippen LogP contribution in [0.2, 0.25) is 0 Å². The van der Waals surface area contributed by atoms with Gasteiger partial charge < -0.3 is 0 Å². The van der Waals surface area contributed by atoms with E-state index in [4.69, 9.17) is 0 Å². The molecule has 0 aliphatic heterocycles. The van der Waals surface area contributed by atoms with Gasteiger partial charge >= 0.3 is 0 Å². The highest BCUT2D eigenvalue weighted by atomic mass is 16.1. The lowest BCUT2D eigenvalue weighted by molar-refractivity contribution is -0.125. The quantitative estimate of drug-likeness (QED) is 0.518. The molecule has 1 heteroatoms. The summed E-state index contributed by atoms with van der Waals surface area (Å²) in [6.45, 7) is 2.06. The zero-order valence-corrected chi connectivity index (χ0v) is 8.18. The van der Waals surface area contributed by atoms with Crippen LogP contribution >= 0.6 is 0 Å². The molecular formula is C12H16O. The Morgan fingerprint density at radius 1 is 1.31 bits per heavy atom. The van der Waals surface area contributed by atoms with Crippen LogP contribution in [0.5, 0.6) is 0 Å². The molecule has 1 atom stereocenters. The summed E-state index contributed by atoms with van der Waals surface area (Å²) in [7, 11) is 0. The topological polar surface area (TPSA) is 17.1 Å². The van der Waals surface area contributed by atoms with Crippen LogP contribution in [-0.4, -0.2) is 5.78 Å². The van der Waals surface area contributed by atoms with Crippen molar-refractivity contribution < 1.29 is 4.79 Å². The molecule has 0 saturated carbocycles. The van der Waals surface area contributed by atoms with Crippen molar-refractivity contribution in [3.63, 3.8) is 0 Å².